The average Bonchev–Trinajstić information content (AvgIpc) is 2.28. The second-order valence-electron chi connectivity index (χ2n) is 4.33. The first-order valence-corrected chi connectivity index (χ1v) is 6.24. The quantitative estimate of drug-likeness (QED) is 0.637. The molecule has 1 saturated heterocycles. The van der Waals surface area contributed by atoms with Gasteiger partial charge in [0, 0.05) is 26.4 Å². The molecule has 1 aliphatic rings. The fourth-order valence-corrected chi connectivity index (χ4v) is 1.89. The van der Waals surface area contributed by atoms with Crippen molar-refractivity contribution in [3.05, 3.63) is 0 Å². The van der Waals surface area contributed by atoms with Gasteiger partial charge in [0.05, 0.1) is 19.3 Å². The van der Waals surface area contributed by atoms with E-state index in [1.165, 1.54) is 0 Å². The van der Waals surface area contributed by atoms with E-state index in [0.29, 0.717) is 25.4 Å². The summed E-state index contributed by atoms with van der Waals surface area (Å²) in [6.45, 7) is 6.22. The highest BCUT2D eigenvalue weighted by molar-refractivity contribution is 4.75. The van der Waals surface area contributed by atoms with Gasteiger partial charge in [-0.3, -0.25) is 0 Å². The minimum atomic E-state index is 0.440. The molecule has 2 atom stereocenters. The zero-order valence-corrected chi connectivity index (χ0v) is 10.5. The Kier molecular flexibility index (Phi) is 7.76. The second kappa shape index (κ2) is 8.93. The number of rotatable bonds is 8. The van der Waals surface area contributed by atoms with Crippen molar-refractivity contribution in [1.82, 2.24) is 5.32 Å². The normalized spacial score (nSPS) is 25.9. The molecule has 96 valence electrons. The van der Waals surface area contributed by atoms with Crippen LogP contribution in [0.3, 0.4) is 0 Å². The van der Waals surface area contributed by atoms with E-state index in [0.717, 1.165) is 39.0 Å². The van der Waals surface area contributed by atoms with Crippen LogP contribution >= 0.6 is 0 Å². The maximum Gasteiger partial charge on any atom is 0.0700 e. The van der Waals surface area contributed by atoms with Gasteiger partial charge in [0.1, 0.15) is 0 Å². The molecular weight excluding hydrogens is 206 g/mol. The summed E-state index contributed by atoms with van der Waals surface area (Å²) >= 11 is 0. The van der Waals surface area contributed by atoms with Gasteiger partial charge in [0.25, 0.3) is 0 Å². The molecule has 1 aliphatic heterocycles. The molecule has 2 unspecified atom stereocenters. The van der Waals surface area contributed by atoms with Crippen LogP contribution in [-0.4, -0.2) is 52.2 Å². The zero-order valence-electron chi connectivity index (χ0n) is 10.5. The Morgan fingerprint density at radius 1 is 1.19 bits per heavy atom. The van der Waals surface area contributed by atoms with Crippen molar-refractivity contribution in [3.63, 3.8) is 0 Å². The predicted molar refractivity (Wildman–Crippen MR) is 63.8 cm³/mol. The lowest BCUT2D eigenvalue weighted by Gasteiger charge is -2.28. The van der Waals surface area contributed by atoms with Crippen molar-refractivity contribution in [2.24, 2.45) is 0 Å². The Morgan fingerprint density at radius 2 is 2.06 bits per heavy atom. The SMILES string of the molecule is COCCOCCCOC1CCNC(C)C1. The Bertz CT molecular complexity index is 166. The standard InChI is InChI=1S/C12H25NO3/c1-11-10-12(4-5-13-11)16-7-3-6-15-9-8-14-2/h11-13H,3-10H2,1-2H3. The van der Waals surface area contributed by atoms with Gasteiger partial charge in [-0.1, -0.05) is 0 Å². The maximum atomic E-state index is 5.81. The minimum absolute atomic E-state index is 0.440. The molecule has 1 N–H and O–H groups in total. The van der Waals surface area contributed by atoms with E-state index >= 15 is 0 Å². The molecule has 0 aliphatic carbocycles. The first-order chi connectivity index (χ1) is 7.83. The molecule has 0 aromatic rings. The van der Waals surface area contributed by atoms with E-state index in [2.05, 4.69) is 12.2 Å². The van der Waals surface area contributed by atoms with Gasteiger partial charge in [-0.2, -0.15) is 0 Å². The topological polar surface area (TPSA) is 39.7 Å². The smallest absolute Gasteiger partial charge is 0.0700 e. The van der Waals surface area contributed by atoms with Crippen molar-refractivity contribution in [1.29, 1.82) is 0 Å². The summed E-state index contributed by atoms with van der Waals surface area (Å²) in [5.41, 5.74) is 0. The van der Waals surface area contributed by atoms with Crippen LogP contribution in [0.1, 0.15) is 26.2 Å². The number of ether oxygens (including phenoxy) is 3. The van der Waals surface area contributed by atoms with E-state index in [9.17, 15) is 0 Å². The Labute approximate surface area is 98.6 Å². The number of hydrogen-bond acceptors (Lipinski definition) is 4. The Balaban J connectivity index is 1.86. The van der Waals surface area contributed by atoms with E-state index in [4.69, 9.17) is 14.2 Å². The molecule has 0 saturated carbocycles. The molecule has 0 aromatic carbocycles. The molecule has 0 radical (unpaired) electrons. The van der Waals surface area contributed by atoms with Gasteiger partial charge in [-0.15, -0.1) is 0 Å². The zero-order chi connectivity index (χ0) is 11.6. The van der Waals surface area contributed by atoms with E-state index in [1.54, 1.807) is 7.11 Å². The molecule has 1 fully saturated rings. The molecule has 1 rings (SSSR count). The predicted octanol–water partition coefficient (Wildman–Crippen LogP) is 1.20. The van der Waals surface area contributed by atoms with Crippen LogP contribution in [-0.2, 0) is 14.2 Å². The Hall–Kier alpha value is -0.160. The summed E-state index contributed by atoms with van der Waals surface area (Å²) in [5, 5.41) is 3.42. The van der Waals surface area contributed by atoms with Crippen molar-refractivity contribution >= 4 is 0 Å². The highest BCUT2D eigenvalue weighted by Gasteiger charge is 2.18. The summed E-state index contributed by atoms with van der Waals surface area (Å²) in [5.74, 6) is 0. The third-order valence-corrected chi connectivity index (χ3v) is 2.79. The molecule has 1 heterocycles. The summed E-state index contributed by atoms with van der Waals surface area (Å²) in [4.78, 5) is 0. The molecule has 0 amide bonds. The van der Waals surface area contributed by atoms with Gasteiger partial charge in [-0.25, -0.2) is 0 Å². The van der Waals surface area contributed by atoms with Gasteiger partial charge in [0.15, 0.2) is 0 Å². The lowest BCUT2D eigenvalue weighted by Crippen LogP contribution is -2.39. The van der Waals surface area contributed by atoms with E-state index < -0.39 is 0 Å². The van der Waals surface area contributed by atoms with Crippen molar-refractivity contribution in [2.75, 3.05) is 40.1 Å². The van der Waals surface area contributed by atoms with Crippen molar-refractivity contribution in [2.45, 2.75) is 38.3 Å². The lowest BCUT2D eigenvalue weighted by atomic mass is 10.0. The summed E-state index contributed by atoms with van der Waals surface area (Å²) in [7, 11) is 1.69. The minimum Gasteiger partial charge on any atom is -0.382 e. The second-order valence-corrected chi connectivity index (χ2v) is 4.33. The van der Waals surface area contributed by atoms with Crippen LogP contribution in [0.5, 0.6) is 0 Å². The van der Waals surface area contributed by atoms with Gasteiger partial charge < -0.3 is 19.5 Å². The first-order valence-electron chi connectivity index (χ1n) is 6.24. The molecule has 0 bridgehead atoms. The van der Waals surface area contributed by atoms with Crippen molar-refractivity contribution < 1.29 is 14.2 Å². The molecule has 4 nitrogen and oxygen atoms in total. The fourth-order valence-electron chi connectivity index (χ4n) is 1.89. The molecule has 0 aromatic heterocycles. The average molecular weight is 231 g/mol. The largest absolute Gasteiger partial charge is 0.382 e. The van der Waals surface area contributed by atoms with Crippen LogP contribution in [0.15, 0.2) is 0 Å². The first kappa shape index (κ1) is 13.9. The highest BCUT2D eigenvalue weighted by Crippen LogP contribution is 2.12. The molecular formula is C12H25NO3. The van der Waals surface area contributed by atoms with Gasteiger partial charge >= 0.3 is 0 Å². The van der Waals surface area contributed by atoms with E-state index in [1.807, 2.05) is 0 Å². The summed E-state index contributed by atoms with van der Waals surface area (Å²) in [6, 6.07) is 0.594. The highest BCUT2D eigenvalue weighted by atomic mass is 16.5. The van der Waals surface area contributed by atoms with Crippen LogP contribution in [0.2, 0.25) is 0 Å². The number of methoxy groups -OCH3 is 1. The van der Waals surface area contributed by atoms with Crippen LogP contribution in [0.4, 0.5) is 0 Å². The van der Waals surface area contributed by atoms with Gasteiger partial charge in [-0.05, 0) is 32.7 Å². The molecule has 4 heteroatoms. The monoisotopic (exact) mass is 231 g/mol. The maximum absolute atomic E-state index is 5.81. The lowest BCUT2D eigenvalue weighted by molar-refractivity contribution is 0.00551. The van der Waals surface area contributed by atoms with Crippen LogP contribution in [0.25, 0.3) is 0 Å². The van der Waals surface area contributed by atoms with Gasteiger partial charge in [0.2, 0.25) is 0 Å². The summed E-state index contributed by atoms with van der Waals surface area (Å²) in [6.07, 6.45) is 3.68. The Morgan fingerprint density at radius 3 is 2.81 bits per heavy atom. The summed E-state index contributed by atoms with van der Waals surface area (Å²) < 4.78 is 16.1. The van der Waals surface area contributed by atoms with Crippen LogP contribution in [0, 0.1) is 0 Å². The molecule has 0 spiro atoms. The van der Waals surface area contributed by atoms with E-state index in [-0.39, 0.29) is 0 Å². The number of piperidine rings is 1. The fraction of sp³-hybridized carbons (Fsp3) is 1.00. The third kappa shape index (κ3) is 6.43. The van der Waals surface area contributed by atoms with Crippen LogP contribution < -0.4 is 5.32 Å². The third-order valence-electron chi connectivity index (χ3n) is 2.79. The number of hydrogen-bond donors (Lipinski definition) is 1. The molecule has 16 heavy (non-hydrogen) atoms. The number of nitrogens with one attached hydrogen (secondary N) is 1. The van der Waals surface area contributed by atoms with Crippen molar-refractivity contribution in [3.8, 4) is 0 Å².